The number of ether oxygens (including phenoxy) is 1. The van der Waals surface area contributed by atoms with Gasteiger partial charge in [-0.15, -0.1) is 0 Å². The maximum absolute atomic E-state index is 11.2. The Labute approximate surface area is 114 Å². The van der Waals surface area contributed by atoms with Gasteiger partial charge in [-0.05, 0) is 45.2 Å². The molecule has 106 valence electrons. The van der Waals surface area contributed by atoms with Gasteiger partial charge in [0, 0.05) is 6.08 Å². The second-order valence-electron chi connectivity index (χ2n) is 4.70. The van der Waals surface area contributed by atoms with E-state index in [1.807, 2.05) is 19.9 Å². The first-order valence-corrected chi connectivity index (χ1v) is 6.68. The molecule has 1 atom stereocenters. The van der Waals surface area contributed by atoms with E-state index in [0.29, 0.717) is 12.2 Å². The fourth-order valence-corrected chi connectivity index (χ4v) is 1.67. The number of allylic oxidation sites excluding steroid dienone is 1. The molecule has 1 aromatic heterocycles. The first-order chi connectivity index (χ1) is 9.09. The number of esters is 1. The van der Waals surface area contributed by atoms with Crippen molar-refractivity contribution in [3.05, 3.63) is 36.3 Å². The summed E-state index contributed by atoms with van der Waals surface area (Å²) in [5.74, 6) is 0.307. The lowest BCUT2D eigenvalue weighted by molar-refractivity contribution is -0.141. The number of furan rings is 1. The predicted molar refractivity (Wildman–Crippen MR) is 72.5 cm³/mol. The van der Waals surface area contributed by atoms with E-state index in [2.05, 4.69) is 0 Å². The molecule has 0 fully saturated rings. The van der Waals surface area contributed by atoms with Crippen molar-refractivity contribution < 1.29 is 19.1 Å². The van der Waals surface area contributed by atoms with Gasteiger partial charge in [-0.25, -0.2) is 4.79 Å². The van der Waals surface area contributed by atoms with E-state index in [9.17, 15) is 9.90 Å². The van der Waals surface area contributed by atoms with Gasteiger partial charge >= 0.3 is 5.97 Å². The Morgan fingerprint density at radius 1 is 1.47 bits per heavy atom. The topological polar surface area (TPSA) is 59.7 Å². The molecule has 4 nitrogen and oxygen atoms in total. The monoisotopic (exact) mass is 266 g/mol. The van der Waals surface area contributed by atoms with Crippen LogP contribution in [0.5, 0.6) is 0 Å². The molecule has 4 heteroatoms. The number of unbranched alkanes of at least 4 members (excludes halogenated alkanes) is 2. The summed E-state index contributed by atoms with van der Waals surface area (Å²) in [5.41, 5.74) is 0. The van der Waals surface area contributed by atoms with Gasteiger partial charge < -0.3 is 14.3 Å². The zero-order valence-electron chi connectivity index (χ0n) is 11.5. The van der Waals surface area contributed by atoms with E-state index in [1.54, 1.807) is 18.4 Å². The molecule has 0 aromatic carbocycles. The van der Waals surface area contributed by atoms with Crippen LogP contribution in [-0.2, 0) is 9.53 Å². The molecule has 0 radical (unpaired) electrons. The molecule has 1 unspecified atom stereocenters. The molecule has 1 aromatic rings. The van der Waals surface area contributed by atoms with Gasteiger partial charge in [0.25, 0.3) is 0 Å². The summed E-state index contributed by atoms with van der Waals surface area (Å²) in [4.78, 5) is 11.2. The van der Waals surface area contributed by atoms with Crippen molar-refractivity contribution in [2.24, 2.45) is 0 Å². The minimum absolute atomic E-state index is 0.0828. The molecule has 1 rings (SSSR count). The lowest BCUT2D eigenvalue weighted by atomic mass is 10.1. The Morgan fingerprint density at radius 2 is 2.26 bits per heavy atom. The maximum atomic E-state index is 11.2. The molecule has 0 amide bonds. The number of rotatable bonds is 8. The molecule has 1 N–H and O–H groups in total. The number of hydrogen-bond acceptors (Lipinski definition) is 4. The highest BCUT2D eigenvalue weighted by Gasteiger charge is 2.08. The van der Waals surface area contributed by atoms with E-state index in [-0.39, 0.29) is 12.1 Å². The summed E-state index contributed by atoms with van der Waals surface area (Å²) >= 11 is 0. The molecule has 0 aliphatic rings. The highest BCUT2D eigenvalue weighted by Crippen LogP contribution is 2.19. The highest BCUT2D eigenvalue weighted by molar-refractivity contribution is 5.81. The molecule has 1 heterocycles. The van der Waals surface area contributed by atoms with E-state index >= 15 is 0 Å². The van der Waals surface area contributed by atoms with Gasteiger partial charge in [0.1, 0.15) is 11.9 Å². The van der Waals surface area contributed by atoms with Crippen molar-refractivity contribution in [1.82, 2.24) is 0 Å². The van der Waals surface area contributed by atoms with Crippen LogP contribution in [-0.4, -0.2) is 17.2 Å². The van der Waals surface area contributed by atoms with Crippen LogP contribution in [0.3, 0.4) is 0 Å². The Morgan fingerprint density at radius 3 is 2.89 bits per heavy atom. The molecule has 0 aliphatic heterocycles. The number of carbonyl (C=O) groups excluding carboxylic acids is 1. The molecule has 0 saturated carbocycles. The molecular formula is C15H22O4. The molecule has 19 heavy (non-hydrogen) atoms. The van der Waals surface area contributed by atoms with Crippen molar-refractivity contribution >= 4 is 5.97 Å². The lowest BCUT2D eigenvalue weighted by Gasteiger charge is -2.06. The zero-order valence-corrected chi connectivity index (χ0v) is 11.5. The van der Waals surface area contributed by atoms with Crippen molar-refractivity contribution in [3.63, 3.8) is 0 Å². The summed E-state index contributed by atoms with van der Waals surface area (Å²) in [6.45, 7) is 3.64. The molecular weight excluding hydrogens is 244 g/mol. The first kappa shape index (κ1) is 15.5. The lowest BCUT2D eigenvalue weighted by Crippen LogP contribution is -2.08. The van der Waals surface area contributed by atoms with Gasteiger partial charge in [0.15, 0.2) is 0 Å². The van der Waals surface area contributed by atoms with E-state index < -0.39 is 6.10 Å². The van der Waals surface area contributed by atoms with Gasteiger partial charge in [-0.2, -0.15) is 0 Å². The summed E-state index contributed by atoms with van der Waals surface area (Å²) in [6.07, 6.45) is 7.48. The van der Waals surface area contributed by atoms with Crippen molar-refractivity contribution in [3.8, 4) is 0 Å². The van der Waals surface area contributed by atoms with Crippen molar-refractivity contribution in [2.75, 3.05) is 0 Å². The number of aliphatic hydroxyl groups is 1. The van der Waals surface area contributed by atoms with E-state index in [0.717, 1.165) is 19.3 Å². The van der Waals surface area contributed by atoms with Crippen molar-refractivity contribution in [2.45, 2.75) is 51.7 Å². The average molecular weight is 266 g/mol. The second-order valence-corrected chi connectivity index (χ2v) is 4.70. The fraction of sp³-hybridized carbons (Fsp3) is 0.533. The number of hydrogen-bond donors (Lipinski definition) is 1. The minimum Gasteiger partial charge on any atom is -0.467 e. The third-order valence-electron chi connectivity index (χ3n) is 2.58. The third kappa shape index (κ3) is 6.82. The average Bonchev–Trinajstić information content (AvgIpc) is 2.86. The molecule has 0 saturated heterocycles. The zero-order chi connectivity index (χ0) is 14.1. The maximum Gasteiger partial charge on any atom is 0.330 e. The summed E-state index contributed by atoms with van der Waals surface area (Å²) in [5, 5.41) is 9.77. The van der Waals surface area contributed by atoms with Crippen LogP contribution < -0.4 is 0 Å². The predicted octanol–water partition coefficient (Wildman–Crippen LogP) is 3.38. The van der Waals surface area contributed by atoms with Crippen LogP contribution in [0.2, 0.25) is 0 Å². The Balaban J connectivity index is 2.08. The molecule has 0 aliphatic carbocycles. The number of carbonyl (C=O) groups is 1. The fourth-order valence-electron chi connectivity index (χ4n) is 1.67. The van der Waals surface area contributed by atoms with E-state index in [4.69, 9.17) is 9.15 Å². The minimum atomic E-state index is -0.537. The van der Waals surface area contributed by atoms with Crippen LogP contribution in [0.1, 0.15) is 51.4 Å². The quantitative estimate of drug-likeness (QED) is 0.445. The summed E-state index contributed by atoms with van der Waals surface area (Å²) in [6, 6.07) is 3.54. The number of aliphatic hydroxyl groups excluding tert-OH is 1. The summed E-state index contributed by atoms with van der Waals surface area (Å²) < 4.78 is 10.1. The SMILES string of the molecule is CC(C)OC(=O)/C=C\CCCCC(O)c1ccco1. The summed E-state index contributed by atoms with van der Waals surface area (Å²) in [7, 11) is 0. The third-order valence-corrected chi connectivity index (χ3v) is 2.58. The van der Waals surface area contributed by atoms with Crippen LogP contribution in [0.15, 0.2) is 35.0 Å². The Hall–Kier alpha value is -1.55. The van der Waals surface area contributed by atoms with Crippen LogP contribution in [0.25, 0.3) is 0 Å². The first-order valence-electron chi connectivity index (χ1n) is 6.68. The Kier molecular flexibility index (Phi) is 6.97. The van der Waals surface area contributed by atoms with Crippen LogP contribution in [0.4, 0.5) is 0 Å². The smallest absolute Gasteiger partial charge is 0.330 e. The van der Waals surface area contributed by atoms with Gasteiger partial charge in [0.2, 0.25) is 0 Å². The van der Waals surface area contributed by atoms with Crippen molar-refractivity contribution in [1.29, 1.82) is 0 Å². The second kappa shape index (κ2) is 8.53. The van der Waals surface area contributed by atoms with E-state index in [1.165, 1.54) is 6.08 Å². The largest absolute Gasteiger partial charge is 0.467 e. The standard InChI is InChI=1S/C15H22O4/c1-12(2)19-15(17)10-6-4-3-5-8-13(16)14-9-7-11-18-14/h6-7,9-13,16H,3-5,8H2,1-2H3/b10-6-. The van der Waals surface area contributed by atoms with Gasteiger partial charge in [-0.1, -0.05) is 12.5 Å². The highest BCUT2D eigenvalue weighted by atomic mass is 16.5. The van der Waals surface area contributed by atoms with Gasteiger partial charge in [-0.3, -0.25) is 0 Å². The normalized spacial score (nSPS) is 13.1. The Bertz CT molecular complexity index is 379. The van der Waals surface area contributed by atoms with Crippen LogP contribution in [0, 0.1) is 0 Å². The molecule has 0 spiro atoms. The van der Waals surface area contributed by atoms with Crippen LogP contribution >= 0.6 is 0 Å². The van der Waals surface area contributed by atoms with Gasteiger partial charge in [0.05, 0.1) is 12.4 Å². The molecule has 0 bridgehead atoms.